The lowest BCUT2D eigenvalue weighted by Crippen LogP contribution is -2.39. The van der Waals surface area contributed by atoms with E-state index in [1.165, 1.54) is 25.7 Å². The average Bonchev–Trinajstić information content (AvgIpc) is 3.53. The van der Waals surface area contributed by atoms with Crippen LogP contribution in [0.5, 0.6) is 0 Å². The molecule has 2 spiro atoms. The minimum atomic E-state index is -2.56. The Bertz CT molecular complexity index is 1160. The van der Waals surface area contributed by atoms with Gasteiger partial charge in [-0.15, -0.1) is 0 Å². The molecule has 35 heavy (non-hydrogen) atoms. The molecule has 6 rings (SSSR count). The number of hydrogen-bond donors (Lipinski definition) is 1. The largest absolute Gasteiger partial charge is 0.373 e. The van der Waals surface area contributed by atoms with Crippen LogP contribution in [0.1, 0.15) is 67.3 Å². The lowest BCUT2D eigenvalue weighted by atomic mass is 9.69. The SMILES string of the molecule is CN1CC2(CCC(F)(F)CC2)c2cc(NC(=O)c3ccc(I)cc3N3CCC4(CC3)CC4)ccc21. The molecule has 186 valence electrons. The van der Waals surface area contributed by atoms with Crippen molar-refractivity contribution in [2.45, 2.75) is 62.7 Å². The molecule has 0 aromatic heterocycles. The predicted octanol–water partition coefficient (Wildman–Crippen LogP) is 6.82. The number of rotatable bonds is 3. The number of piperidine rings is 1. The Kier molecular flexibility index (Phi) is 5.58. The van der Waals surface area contributed by atoms with Crippen LogP contribution in [0.3, 0.4) is 0 Å². The van der Waals surface area contributed by atoms with E-state index in [0.717, 1.165) is 45.8 Å². The zero-order valence-electron chi connectivity index (χ0n) is 20.2. The molecule has 0 bridgehead atoms. The average molecular weight is 591 g/mol. The van der Waals surface area contributed by atoms with Gasteiger partial charge in [0.25, 0.3) is 5.91 Å². The van der Waals surface area contributed by atoms with Crippen LogP contribution in [0.4, 0.5) is 25.8 Å². The molecule has 0 atom stereocenters. The Labute approximate surface area is 219 Å². The van der Waals surface area contributed by atoms with E-state index in [1.54, 1.807) is 0 Å². The van der Waals surface area contributed by atoms with Crippen molar-refractivity contribution >= 4 is 45.6 Å². The molecule has 2 aliphatic carbocycles. The summed E-state index contributed by atoms with van der Waals surface area (Å²) in [5.41, 5.74) is 4.96. The Morgan fingerprint density at radius 2 is 1.63 bits per heavy atom. The Balaban J connectivity index is 1.25. The van der Waals surface area contributed by atoms with E-state index in [1.807, 2.05) is 37.4 Å². The zero-order valence-corrected chi connectivity index (χ0v) is 22.3. The topological polar surface area (TPSA) is 35.6 Å². The number of carbonyl (C=O) groups excluding carboxylic acids is 1. The van der Waals surface area contributed by atoms with Crippen molar-refractivity contribution in [2.75, 3.05) is 41.8 Å². The van der Waals surface area contributed by atoms with Crippen LogP contribution >= 0.6 is 22.6 Å². The third-order valence-electron chi connectivity index (χ3n) is 9.04. The summed E-state index contributed by atoms with van der Waals surface area (Å²) in [6, 6.07) is 12.0. The van der Waals surface area contributed by atoms with Crippen molar-refractivity contribution in [1.29, 1.82) is 0 Å². The summed E-state index contributed by atoms with van der Waals surface area (Å²) in [6.45, 7) is 2.75. The predicted molar refractivity (Wildman–Crippen MR) is 145 cm³/mol. The van der Waals surface area contributed by atoms with Gasteiger partial charge in [-0.05, 0) is 108 Å². The first-order valence-electron chi connectivity index (χ1n) is 12.8. The maximum absolute atomic E-state index is 13.9. The molecule has 4 aliphatic rings. The molecule has 0 radical (unpaired) electrons. The molecule has 2 heterocycles. The number of alkyl halides is 2. The first-order chi connectivity index (χ1) is 16.7. The molecule has 1 saturated heterocycles. The monoisotopic (exact) mass is 591 g/mol. The van der Waals surface area contributed by atoms with Gasteiger partial charge in [0.1, 0.15) is 0 Å². The summed E-state index contributed by atoms with van der Waals surface area (Å²) in [5, 5.41) is 3.13. The van der Waals surface area contributed by atoms with Crippen molar-refractivity contribution in [3.05, 3.63) is 51.1 Å². The summed E-state index contributed by atoms with van der Waals surface area (Å²) < 4.78 is 29.0. The van der Waals surface area contributed by atoms with Gasteiger partial charge in [0.15, 0.2) is 0 Å². The standard InChI is InChI=1S/C28H32F2IN3O/c1-33-18-27(8-10-28(29,30)11-9-27)22-17-20(3-5-23(22)33)32-25(35)21-4-2-19(31)16-24(21)34-14-12-26(6-7-26)13-15-34/h2-5,16-17H,6-15,18H2,1H3,(H,32,35). The highest BCUT2D eigenvalue weighted by molar-refractivity contribution is 14.1. The van der Waals surface area contributed by atoms with Gasteiger partial charge in [-0.3, -0.25) is 4.79 Å². The molecule has 2 aliphatic heterocycles. The van der Waals surface area contributed by atoms with E-state index in [2.05, 4.69) is 43.8 Å². The van der Waals surface area contributed by atoms with Crippen molar-refractivity contribution in [1.82, 2.24) is 0 Å². The third kappa shape index (κ3) is 4.31. The zero-order chi connectivity index (χ0) is 24.4. The van der Waals surface area contributed by atoms with Crippen molar-refractivity contribution in [3.8, 4) is 0 Å². The van der Waals surface area contributed by atoms with E-state index in [9.17, 15) is 13.6 Å². The second-order valence-corrected chi connectivity index (χ2v) is 12.6. The van der Waals surface area contributed by atoms with E-state index >= 15 is 0 Å². The number of likely N-dealkylation sites (N-methyl/N-ethyl adjacent to an activating group) is 1. The second-order valence-electron chi connectivity index (χ2n) is 11.3. The first kappa shape index (κ1) is 23.5. The number of benzene rings is 2. The number of amides is 1. The molecule has 2 aromatic carbocycles. The van der Waals surface area contributed by atoms with Crippen molar-refractivity contribution in [3.63, 3.8) is 0 Å². The second kappa shape index (κ2) is 8.32. The fourth-order valence-corrected chi connectivity index (χ4v) is 7.05. The summed E-state index contributed by atoms with van der Waals surface area (Å²) in [5.74, 6) is -2.67. The summed E-state index contributed by atoms with van der Waals surface area (Å²) in [7, 11) is 2.03. The Morgan fingerprint density at radius 1 is 0.914 bits per heavy atom. The summed E-state index contributed by atoms with van der Waals surface area (Å²) in [4.78, 5) is 18.0. The summed E-state index contributed by atoms with van der Waals surface area (Å²) >= 11 is 2.31. The van der Waals surface area contributed by atoms with Gasteiger partial charge in [-0.1, -0.05) is 0 Å². The van der Waals surface area contributed by atoms with Gasteiger partial charge >= 0.3 is 0 Å². The third-order valence-corrected chi connectivity index (χ3v) is 9.71. The number of fused-ring (bicyclic) bond motifs is 2. The highest BCUT2D eigenvalue weighted by Gasteiger charge is 2.49. The Morgan fingerprint density at radius 3 is 2.31 bits per heavy atom. The molecule has 2 saturated carbocycles. The summed E-state index contributed by atoms with van der Waals surface area (Å²) in [6.07, 6.45) is 5.94. The minimum absolute atomic E-state index is 0.0694. The Hall–Kier alpha value is -1.90. The number of carbonyl (C=O) groups is 1. The molecular formula is C28H32F2IN3O. The number of anilines is 3. The molecule has 0 unspecified atom stereocenters. The van der Waals surface area contributed by atoms with Crippen molar-refractivity contribution < 1.29 is 13.6 Å². The lowest BCUT2D eigenvalue weighted by Gasteiger charge is -2.37. The van der Waals surface area contributed by atoms with Gasteiger partial charge in [0.05, 0.1) is 11.3 Å². The molecule has 4 nitrogen and oxygen atoms in total. The number of halogens is 3. The highest BCUT2D eigenvalue weighted by Crippen LogP contribution is 2.54. The number of nitrogens with one attached hydrogen (secondary N) is 1. The highest BCUT2D eigenvalue weighted by atomic mass is 127. The van der Waals surface area contributed by atoms with Crippen LogP contribution in [-0.4, -0.2) is 38.5 Å². The fraction of sp³-hybridized carbons (Fsp3) is 0.536. The molecule has 7 heteroatoms. The van der Waals surface area contributed by atoms with E-state index in [-0.39, 0.29) is 24.2 Å². The first-order valence-corrected chi connectivity index (χ1v) is 13.9. The van der Waals surface area contributed by atoms with Crippen LogP contribution in [-0.2, 0) is 5.41 Å². The van der Waals surface area contributed by atoms with Gasteiger partial charge in [0, 0.05) is 59.9 Å². The molecule has 1 amide bonds. The van der Waals surface area contributed by atoms with Gasteiger partial charge in [-0.2, -0.15) is 0 Å². The normalized spacial score (nSPS) is 23.4. The van der Waals surface area contributed by atoms with Gasteiger partial charge in [0.2, 0.25) is 5.92 Å². The molecular weight excluding hydrogens is 559 g/mol. The van der Waals surface area contributed by atoms with Crippen LogP contribution in [0, 0.1) is 8.99 Å². The van der Waals surface area contributed by atoms with E-state index < -0.39 is 5.92 Å². The quantitative estimate of drug-likeness (QED) is 0.398. The van der Waals surface area contributed by atoms with Crippen LogP contribution < -0.4 is 15.1 Å². The smallest absolute Gasteiger partial charge is 0.257 e. The maximum atomic E-state index is 13.9. The lowest BCUT2D eigenvalue weighted by molar-refractivity contribution is -0.0499. The van der Waals surface area contributed by atoms with Crippen LogP contribution in [0.25, 0.3) is 0 Å². The maximum Gasteiger partial charge on any atom is 0.257 e. The number of hydrogen-bond acceptors (Lipinski definition) is 3. The minimum Gasteiger partial charge on any atom is -0.373 e. The van der Waals surface area contributed by atoms with Gasteiger partial charge < -0.3 is 15.1 Å². The molecule has 3 fully saturated rings. The van der Waals surface area contributed by atoms with Crippen LogP contribution in [0.15, 0.2) is 36.4 Å². The number of nitrogens with zero attached hydrogens (tertiary/aromatic N) is 2. The van der Waals surface area contributed by atoms with Crippen molar-refractivity contribution in [2.24, 2.45) is 5.41 Å². The molecule has 2 aromatic rings. The van der Waals surface area contributed by atoms with E-state index in [4.69, 9.17) is 0 Å². The van der Waals surface area contributed by atoms with Gasteiger partial charge in [-0.25, -0.2) is 8.78 Å². The fourth-order valence-electron chi connectivity index (χ4n) is 6.57. The molecule has 1 N–H and O–H groups in total. The van der Waals surface area contributed by atoms with E-state index in [0.29, 0.717) is 23.8 Å². The van der Waals surface area contributed by atoms with Crippen LogP contribution in [0.2, 0.25) is 0 Å².